The van der Waals surface area contributed by atoms with Crippen molar-refractivity contribution >= 4 is 23.6 Å². The van der Waals surface area contributed by atoms with Gasteiger partial charge in [0.1, 0.15) is 0 Å². The number of carbonyl (C=O) groups is 2. The third-order valence-electron chi connectivity index (χ3n) is 4.39. The molecule has 1 aliphatic carbocycles. The van der Waals surface area contributed by atoms with Gasteiger partial charge in [-0.1, -0.05) is 6.42 Å². The lowest BCUT2D eigenvalue weighted by molar-refractivity contribution is -0.149. The Hall–Kier alpha value is -0.710. The Morgan fingerprint density at radius 2 is 2.28 bits per heavy atom. The minimum absolute atomic E-state index is 0.138. The lowest BCUT2D eigenvalue weighted by atomic mass is 9.81. The molecule has 4 nitrogen and oxygen atoms in total. The lowest BCUT2D eigenvalue weighted by Crippen LogP contribution is -2.37. The van der Waals surface area contributed by atoms with Crippen molar-refractivity contribution in [3.8, 4) is 0 Å². The maximum absolute atomic E-state index is 12.0. The van der Waals surface area contributed by atoms with Gasteiger partial charge in [0, 0.05) is 19.5 Å². The Morgan fingerprint density at radius 3 is 2.89 bits per heavy atom. The molecule has 2 rings (SSSR count). The molecule has 18 heavy (non-hydrogen) atoms. The van der Waals surface area contributed by atoms with Gasteiger partial charge in [0.05, 0.1) is 5.41 Å². The molecule has 1 N–H and O–H groups in total. The molecule has 102 valence electrons. The molecule has 0 unspecified atom stereocenters. The number of amides is 1. The van der Waals surface area contributed by atoms with Gasteiger partial charge in [-0.15, -0.1) is 0 Å². The molecular formula is C13H21NO3S. The molecule has 1 saturated heterocycles. The van der Waals surface area contributed by atoms with E-state index >= 15 is 0 Å². The van der Waals surface area contributed by atoms with Crippen molar-refractivity contribution in [2.75, 3.05) is 25.1 Å². The van der Waals surface area contributed by atoms with E-state index < -0.39 is 11.4 Å². The summed E-state index contributed by atoms with van der Waals surface area (Å²) in [5, 5.41) is 9.45. The quantitative estimate of drug-likeness (QED) is 0.775. The summed E-state index contributed by atoms with van der Waals surface area (Å²) in [6.45, 7) is 1.09. The number of hydrogen-bond donors (Lipinski definition) is 1. The minimum Gasteiger partial charge on any atom is -0.481 e. The zero-order chi connectivity index (χ0) is 13.2. The van der Waals surface area contributed by atoms with Gasteiger partial charge in [-0.25, -0.2) is 0 Å². The number of carboxylic acids is 1. The van der Waals surface area contributed by atoms with Crippen LogP contribution in [0, 0.1) is 11.3 Å². The van der Waals surface area contributed by atoms with E-state index in [2.05, 4.69) is 0 Å². The molecular weight excluding hydrogens is 250 g/mol. The van der Waals surface area contributed by atoms with Crippen molar-refractivity contribution < 1.29 is 14.7 Å². The first-order valence-corrected chi connectivity index (χ1v) is 7.99. The monoisotopic (exact) mass is 271 g/mol. The van der Waals surface area contributed by atoms with Gasteiger partial charge in [0.2, 0.25) is 5.91 Å². The molecule has 2 fully saturated rings. The fourth-order valence-electron chi connectivity index (χ4n) is 3.35. The molecule has 0 bridgehead atoms. The van der Waals surface area contributed by atoms with Gasteiger partial charge >= 0.3 is 5.97 Å². The zero-order valence-electron chi connectivity index (χ0n) is 10.9. The third kappa shape index (κ3) is 2.37. The summed E-state index contributed by atoms with van der Waals surface area (Å²) in [4.78, 5) is 25.3. The molecule has 2 aliphatic rings. The SMILES string of the molecule is CSCCCC(=O)N1C[C@@H]2CCC[C@@]2(C(=O)O)C1. The average Bonchev–Trinajstić information content (AvgIpc) is 2.85. The van der Waals surface area contributed by atoms with Crippen molar-refractivity contribution in [3.05, 3.63) is 0 Å². The van der Waals surface area contributed by atoms with E-state index in [1.807, 2.05) is 6.26 Å². The minimum atomic E-state index is -0.704. The number of fused-ring (bicyclic) bond motifs is 1. The van der Waals surface area contributed by atoms with Crippen LogP contribution in [0.5, 0.6) is 0 Å². The Morgan fingerprint density at radius 1 is 1.50 bits per heavy atom. The number of nitrogens with zero attached hydrogens (tertiary/aromatic N) is 1. The van der Waals surface area contributed by atoms with E-state index in [0.717, 1.165) is 31.4 Å². The highest BCUT2D eigenvalue weighted by atomic mass is 32.2. The second-order valence-electron chi connectivity index (χ2n) is 5.42. The molecule has 0 spiro atoms. The fourth-order valence-corrected chi connectivity index (χ4v) is 3.79. The largest absolute Gasteiger partial charge is 0.481 e. The maximum Gasteiger partial charge on any atom is 0.311 e. The van der Waals surface area contributed by atoms with E-state index in [0.29, 0.717) is 19.5 Å². The second kappa shape index (κ2) is 5.51. The molecule has 5 heteroatoms. The smallest absolute Gasteiger partial charge is 0.311 e. The van der Waals surface area contributed by atoms with Crippen molar-refractivity contribution in [1.29, 1.82) is 0 Å². The van der Waals surface area contributed by atoms with Crippen molar-refractivity contribution in [3.63, 3.8) is 0 Å². The highest BCUT2D eigenvalue weighted by Gasteiger charge is 2.55. The summed E-state index contributed by atoms with van der Waals surface area (Å²) in [5.74, 6) is 0.607. The highest BCUT2D eigenvalue weighted by molar-refractivity contribution is 7.98. The maximum atomic E-state index is 12.0. The molecule has 1 amide bonds. The molecule has 1 aliphatic heterocycles. The summed E-state index contributed by atoms with van der Waals surface area (Å²) in [6, 6.07) is 0. The Labute approximate surface area is 112 Å². The first-order valence-electron chi connectivity index (χ1n) is 6.60. The van der Waals surface area contributed by atoms with Crippen LogP contribution in [0.25, 0.3) is 0 Å². The summed E-state index contributed by atoms with van der Waals surface area (Å²) < 4.78 is 0. The van der Waals surface area contributed by atoms with Gasteiger partial charge in [0.15, 0.2) is 0 Å². The van der Waals surface area contributed by atoms with E-state index in [1.165, 1.54) is 0 Å². The second-order valence-corrected chi connectivity index (χ2v) is 6.41. The Bertz CT molecular complexity index is 347. The molecule has 1 saturated carbocycles. The van der Waals surface area contributed by atoms with Crippen molar-refractivity contribution in [2.45, 2.75) is 32.1 Å². The van der Waals surface area contributed by atoms with Crippen LogP contribution >= 0.6 is 11.8 Å². The van der Waals surface area contributed by atoms with Crippen LogP contribution in [0.3, 0.4) is 0 Å². The number of hydrogen-bond acceptors (Lipinski definition) is 3. The summed E-state index contributed by atoms with van der Waals surface area (Å²) in [6.07, 6.45) is 6.17. The number of carbonyl (C=O) groups excluding carboxylic acids is 1. The molecule has 0 aromatic rings. The van der Waals surface area contributed by atoms with Crippen LogP contribution in [0.1, 0.15) is 32.1 Å². The zero-order valence-corrected chi connectivity index (χ0v) is 11.7. The van der Waals surface area contributed by atoms with E-state index in [1.54, 1.807) is 16.7 Å². The first-order chi connectivity index (χ1) is 8.60. The lowest BCUT2D eigenvalue weighted by Gasteiger charge is -2.23. The van der Waals surface area contributed by atoms with Gasteiger partial charge in [-0.2, -0.15) is 11.8 Å². The molecule has 0 aromatic heterocycles. The summed E-state index contributed by atoms with van der Waals surface area (Å²) in [5.41, 5.74) is -0.630. The number of rotatable bonds is 5. The fraction of sp³-hybridized carbons (Fsp3) is 0.846. The van der Waals surface area contributed by atoms with Crippen LogP contribution in [0.4, 0.5) is 0 Å². The predicted molar refractivity (Wildman–Crippen MR) is 71.6 cm³/mol. The standard InChI is InChI=1S/C13H21NO3S/c1-18-7-3-5-11(15)14-8-10-4-2-6-13(10,9-14)12(16)17/h10H,2-9H2,1H3,(H,16,17)/t10-,13+/m0/s1. The highest BCUT2D eigenvalue weighted by Crippen LogP contribution is 2.48. The van der Waals surface area contributed by atoms with Crippen LogP contribution in [0.15, 0.2) is 0 Å². The molecule has 1 heterocycles. The van der Waals surface area contributed by atoms with E-state index in [9.17, 15) is 14.7 Å². The van der Waals surface area contributed by atoms with Crippen molar-refractivity contribution in [2.24, 2.45) is 11.3 Å². The van der Waals surface area contributed by atoms with E-state index in [-0.39, 0.29) is 11.8 Å². The topological polar surface area (TPSA) is 57.6 Å². The van der Waals surface area contributed by atoms with E-state index in [4.69, 9.17) is 0 Å². The first kappa shape index (κ1) is 13.7. The molecule has 0 radical (unpaired) electrons. The van der Waals surface area contributed by atoms with Gasteiger partial charge in [-0.3, -0.25) is 9.59 Å². The summed E-state index contributed by atoms with van der Waals surface area (Å²) in [7, 11) is 0. The Balaban J connectivity index is 1.95. The van der Waals surface area contributed by atoms with Crippen molar-refractivity contribution in [1.82, 2.24) is 4.90 Å². The van der Waals surface area contributed by atoms with Crippen LogP contribution in [0.2, 0.25) is 0 Å². The summed E-state index contributed by atoms with van der Waals surface area (Å²) >= 11 is 1.74. The number of carboxylic acid groups (broad SMARTS) is 1. The van der Waals surface area contributed by atoms with Gasteiger partial charge in [-0.05, 0) is 37.2 Å². The number of thioether (sulfide) groups is 1. The number of aliphatic carboxylic acids is 1. The molecule has 0 aromatic carbocycles. The third-order valence-corrected chi connectivity index (χ3v) is 5.09. The van der Waals surface area contributed by atoms with Gasteiger partial charge in [0.25, 0.3) is 0 Å². The Kier molecular flexibility index (Phi) is 4.20. The predicted octanol–water partition coefficient (Wildman–Crippen LogP) is 1.84. The molecule has 2 atom stereocenters. The number of likely N-dealkylation sites (tertiary alicyclic amines) is 1. The van der Waals surface area contributed by atoms with Crippen LogP contribution in [-0.4, -0.2) is 47.0 Å². The average molecular weight is 271 g/mol. The van der Waals surface area contributed by atoms with Gasteiger partial charge < -0.3 is 10.0 Å². The van der Waals surface area contributed by atoms with Crippen LogP contribution in [-0.2, 0) is 9.59 Å². The normalized spacial score (nSPS) is 30.5. The van der Waals surface area contributed by atoms with Crippen LogP contribution < -0.4 is 0 Å².